The van der Waals surface area contributed by atoms with Gasteiger partial charge in [0.15, 0.2) is 5.67 Å². The van der Waals surface area contributed by atoms with Gasteiger partial charge in [0.1, 0.15) is 0 Å². The summed E-state index contributed by atoms with van der Waals surface area (Å²) in [7, 11) is -3.52. The van der Waals surface area contributed by atoms with E-state index in [1.165, 1.54) is 0 Å². The van der Waals surface area contributed by atoms with Crippen molar-refractivity contribution in [3.8, 4) is 11.1 Å². The maximum absolute atomic E-state index is 16.0. The van der Waals surface area contributed by atoms with Crippen LogP contribution in [0.25, 0.3) is 11.1 Å². The molecule has 140 valence electrons. The van der Waals surface area contributed by atoms with Gasteiger partial charge in [0.2, 0.25) is 10.0 Å². The van der Waals surface area contributed by atoms with Crippen molar-refractivity contribution >= 4 is 10.0 Å². The molecular weight excluding hydrogens is 349 g/mol. The lowest BCUT2D eigenvalue weighted by atomic mass is 9.77. The summed E-state index contributed by atoms with van der Waals surface area (Å²) >= 11 is 0. The highest BCUT2D eigenvalue weighted by atomic mass is 32.2. The molecule has 1 N–H and O–H groups in total. The van der Waals surface area contributed by atoms with Crippen LogP contribution >= 0.6 is 0 Å². The third-order valence-electron chi connectivity index (χ3n) is 5.23. The molecule has 3 nitrogen and oxygen atoms in total. The van der Waals surface area contributed by atoms with Crippen LogP contribution in [0.5, 0.6) is 0 Å². The van der Waals surface area contributed by atoms with E-state index in [9.17, 15) is 8.42 Å². The molecule has 0 aliphatic heterocycles. The van der Waals surface area contributed by atoms with Gasteiger partial charge in [-0.25, -0.2) is 17.5 Å². The van der Waals surface area contributed by atoms with Crippen LogP contribution in [0, 0.1) is 0 Å². The highest BCUT2D eigenvalue weighted by Crippen LogP contribution is 2.42. The molecule has 0 bridgehead atoms. The Morgan fingerprint density at radius 1 is 1.00 bits per heavy atom. The standard InChI is InChI=1S/C21H26FNO2S/c1-16(2)26(24,25)23-20-10-6-7-15-21(20,22)19-13-11-18(12-14-19)17-8-4-3-5-9-17/h3-5,8-9,11-14,16,20,23H,6-7,10,15H2,1-2H3/t20-,21+/m1/s1. The Labute approximate surface area is 155 Å². The molecule has 0 heterocycles. The molecule has 1 aliphatic rings. The molecule has 1 aliphatic carbocycles. The van der Waals surface area contributed by atoms with E-state index in [4.69, 9.17) is 0 Å². The lowest BCUT2D eigenvalue weighted by molar-refractivity contribution is 0.0712. The van der Waals surface area contributed by atoms with E-state index in [1.807, 2.05) is 42.5 Å². The first kappa shape index (κ1) is 19.1. The lowest BCUT2D eigenvalue weighted by Crippen LogP contribution is -2.51. The van der Waals surface area contributed by atoms with Crippen molar-refractivity contribution in [1.29, 1.82) is 0 Å². The minimum Gasteiger partial charge on any atom is -0.237 e. The first-order valence-electron chi connectivity index (χ1n) is 9.19. The average molecular weight is 376 g/mol. The second kappa shape index (κ2) is 7.49. The third-order valence-corrected chi connectivity index (χ3v) is 7.09. The van der Waals surface area contributed by atoms with E-state index < -0.39 is 27.0 Å². The van der Waals surface area contributed by atoms with E-state index >= 15 is 4.39 Å². The van der Waals surface area contributed by atoms with Gasteiger partial charge in [0.25, 0.3) is 0 Å². The quantitative estimate of drug-likeness (QED) is 0.817. The van der Waals surface area contributed by atoms with Crippen LogP contribution in [0.3, 0.4) is 0 Å². The van der Waals surface area contributed by atoms with Crippen molar-refractivity contribution in [3.63, 3.8) is 0 Å². The lowest BCUT2D eigenvalue weighted by Gasteiger charge is -2.38. The minimum atomic E-state index is -3.52. The number of alkyl halides is 1. The Kier molecular flexibility index (Phi) is 5.49. The Hall–Kier alpha value is -1.72. The number of hydrogen-bond donors (Lipinski definition) is 1. The van der Waals surface area contributed by atoms with Gasteiger partial charge in [-0.05, 0) is 49.8 Å². The molecule has 2 aromatic carbocycles. The zero-order valence-corrected chi connectivity index (χ0v) is 16.1. The molecule has 26 heavy (non-hydrogen) atoms. The van der Waals surface area contributed by atoms with Crippen LogP contribution in [0.15, 0.2) is 54.6 Å². The van der Waals surface area contributed by atoms with E-state index in [1.54, 1.807) is 26.0 Å². The van der Waals surface area contributed by atoms with Crippen molar-refractivity contribution in [2.45, 2.75) is 56.5 Å². The van der Waals surface area contributed by atoms with Gasteiger partial charge in [-0.15, -0.1) is 0 Å². The monoisotopic (exact) mass is 375 g/mol. The summed E-state index contributed by atoms with van der Waals surface area (Å²) in [5, 5.41) is -0.575. The van der Waals surface area contributed by atoms with Crippen molar-refractivity contribution in [2.24, 2.45) is 0 Å². The van der Waals surface area contributed by atoms with E-state index in [2.05, 4.69) is 4.72 Å². The van der Waals surface area contributed by atoms with E-state index in [0.29, 0.717) is 18.4 Å². The van der Waals surface area contributed by atoms with Crippen LogP contribution < -0.4 is 4.72 Å². The van der Waals surface area contributed by atoms with Gasteiger partial charge in [-0.1, -0.05) is 61.0 Å². The molecule has 0 unspecified atom stereocenters. The van der Waals surface area contributed by atoms with Gasteiger partial charge in [-0.2, -0.15) is 0 Å². The topological polar surface area (TPSA) is 46.2 Å². The first-order chi connectivity index (χ1) is 12.3. The fourth-order valence-corrected chi connectivity index (χ4v) is 4.51. The summed E-state index contributed by atoms with van der Waals surface area (Å²) in [4.78, 5) is 0. The summed E-state index contributed by atoms with van der Waals surface area (Å²) < 4.78 is 43.2. The van der Waals surface area contributed by atoms with Crippen molar-refractivity contribution in [2.75, 3.05) is 0 Å². The first-order valence-corrected chi connectivity index (χ1v) is 10.7. The Bertz CT molecular complexity index is 834. The van der Waals surface area contributed by atoms with E-state index in [0.717, 1.165) is 24.0 Å². The van der Waals surface area contributed by atoms with Gasteiger partial charge < -0.3 is 0 Å². The minimum absolute atomic E-state index is 0.336. The molecule has 5 heteroatoms. The van der Waals surface area contributed by atoms with Crippen LogP contribution in [0.4, 0.5) is 4.39 Å². The summed E-state index contributed by atoms with van der Waals surface area (Å²) in [5.41, 5.74) is 0.976. The molecule has 1 saturated carbocycles. The summed E-state index contributed by atoms with van der Waals surface area (Å²) in [5.74, 6) is 0. The molecular formula is C21H26FNO2S. The van der Waals surface area contributed by atoms with Crippen LogP contribution in [-0.2, 0) is 15.7 Å². The largest absolute Gasteiger partial charge is 0.237 e. The number of benzene rings is 2. The predicted molar refractivity (Wildman–Crippen MR) is 104 cm³/mol. The van der Waals surface area contributed by atoms with Crippen molar-refractivity contribution in [1.82, 2.24) is 4.72 Å². The van der Waals surface area contributed by atoms with Crippen LogP contribution in [-0.4, -0.2) is 19.7 Å². The van der Waals surface area contributed by atoms with Crippen molar-refractivity contribution < 1.29 is 12.8 Å². The van der Waals surface area contributed by atoms with Gasteiger partial charge in [-0.3, -0.25) is 0 Å². The average Bonchev–Trinajstić information content (AvgIpc) is 2.64. The highest BCUT2D eigenvalue weighted by Gasteiger charge is 2.44. The Morgan fingerprint density at radius 2 is 1.62 bits per heavy atom. The number of nitrogens with one attached hydrogen (secondary N) is 1. The van der Waals surface area contributed by atoms with Gasteiger partial charge in [0, 0.05) is 0 Å². The summed E-state index contributed by atoms with van der Waals surface area (Å²) in [6, 6.07) is 16.6. The maximum Gasteiger partial charge on any atom is 0.214 e. The van der Waals surface area contributed by atoms with Gasteiger partial charge >= 0.3 is 0 Å². The fraction of sp³-hybridized carbons (Fsp3) is 0.429. The summed E-state index contributed by atoms with van der Waals surface area (Å²) in [6.07, 6.45) is 2.45. The maximum atomic E-state index is 16.0. The number of halogens is 1. The predicted octanol–water partition coefficient (Wildman–Crippen LogP) is 4.79. The molecule has 0 aromatic heterocycles. The Balaban J connectivity index is 1.89. The molecule has 0 amide bonds. The SMILES string of the molecule is CC(C)S(=O)(=O)N[C@@H]1CCCC[C@]1(F)c1ccc(-c2ccccc2)cc1. The summed E-state index contributed by atoms with van der Waals surface area (Å²) in [6.45, 7) is 3.22. The molecule has 0 spiro atoms. The zero-order chi connectivity index (χ0) is 18.8. The zero-order valence-electron chi connectivity index (χ0n) is 15.3. The molecule has 2 atom stereocenters. The van der Waals surface area contributed by atoms with Crippen molar-refractivity contribution in [3.05, 3.63) is 60.2 Å². The van der Waals surface area contributed by atoms with Gasteiger partial charge in [0.05, 0.1) is 11.3 Å². The van der Waals surface area contributed by atoms with E-state index in [-0.39, 0.29) is 0 Å². The Morgan fingerprint density at radius 3 is 2.23 bits per heavy atom. The number of sulfonamides is 1. The van der Waals surface area contributed by atoms with Crippen LogP contribution in [0.1, 0.15) is 45.1 Å². The fourth-order valence-electron chi connectivity index (χ4n) is 3.54. The highest BCUT2D eigenvalue weighted by molar-refractivity contribution is 7.90. The number of rotatable bonds is 5. The molecule has 0 saturated heterocycles. The molecule has 2 aromatic rings. The normalized spacial score (nSPS) is 23.9. The van der Waals surface area contributed by atoms with Crippen LogP contribution in [0.2, 0.25) is 0 Å². The molecule has 3 rings (SSSR count). The second-order valence-electron chi connectivity index (χ2n) is 7.32. The molecule has 1 fully saturated rings. The second-order valence-corrected chi connectivity index (χ2v) is 9.58. The number of hydrogen-bond acceptors (Lipinski definition) is 2. The third kappa shape index (κ3) is 3.84. The molecule has 0 radical (unpaired) electrons. The smallest absolute Gasteiger partial charge is 0.214 e.